The molecule has 1 aromatic rings. The molecule has 1 aromatic carbocycles. The first-order chi connectivity index (χ1) is 6.66. The Morgan fingerprint density at radius 3 is 2.43 bits per heavy atom. The van der Waals surface area contributed by atoms with Gasteiger partial charge in [0.1, 0.15) is 12.4 Å². The highest BCUT2D eigenvalue weighted by atomic mass is 16.5. The van der Waals surface area contributed by atoms with Gasteiger partial charge in [-0.1, -0.05) is 12.1 Å². The van der Waals surface area contributed by atoms with Crippen molar-refractivity contribution in [2.75, 3.05) is 20.2 Å². The van der Waals surface area contributed by atoms with Crippen molar-refractivity contribution in [3.05, 3.63) is 28.8 Å². The summed E-state index contributed by atoms with van der Waals surface area (Å²) in [6, 6.07) is 4.24. The van der Waals surface area contributed by atoms with Gasteiger partial charge in [0.15, 0.2) is 0 Å². The Morgan fingerprint density at radius 2 is 1.79 bits per heavy atom. The third-order valence-corrected chi connectivity index (χ3v) is 2.47. The summed E-state index contributed by atoms with van der Waals surface area (Å²) in [5.41, 5.74) is 3.75. The van der Waals surface area contributed by atoms with Crippen LogP contribution in [0, 0.1) is 20.8 Å². The predicted octanol–water partition coefficient (Wildman–Crippen LogP) is 2.21. The lowest BCUT2D eigenvalue weighted by molar-refractivity contribution is 0.314. The van der Waals surface area contributed by atoms with Gasteiger partial charge < -0.3 is 10.1 Å². The summed E-state index contributed by atoms with van der Waals surface area (Å²) < 4.78 is 5.73. The summed E-state index contributed by atoms with van der Waals surface area (Å²) in [6.07, 6.45) is 0. The first-order valence-corrected chi connectivity index (χ1v) is 5.01. The van der Waals surface area contributed by atoms with Crippen LogP contribution in [0.4, 0.5) is 0 Å². The molecule has 0 heterocycles. The van der Waals surface area contributed by atoms with Crippen LogP contribution in [-0.4, -0.2) is 20.2 Å². The third-order valence-electron chi connectivity index (χ3n) is 2.47. The average Bonchev–Trinajstić information content (AvgIpc) is 2.18. The molecule has 0 aliphatic heterocycles. The Morgan fingerprint density at radius 1 is 1.14 bits per heavy atom. The van der Waals surface area contributed by atoms with E-state index in [-0.39, 0.29) is 0 Å². The summed E-state index contributed by atoms with van der Waals surface area (Å²) in [5.74, 6) is 1.04. The van der Waals surface area contributed by atoms with Gasteiger partial charge in [0, 0.05) is 6.54 Å². The lowest BCUT2D eigenvalue weighted by Crippen LogP contribution is -2.16. The van der Waals surface area contributed by atoms with Gasteiger partial charge in [-0.15, -0.1) is 0 Å². The molecule has 2 nitrogen and oxygen atoms in total. The number of hydrogen-bond acceptors (Lipinski definition) is 2. The molecule has 0 bridgehead atoms. The van der Waals surface area contributed by atoms with Gasteiger partial charge in [0.25, 0.3) is 0 Å². The van der Waals surface area contributed by atoms with Gasteiger partial charge in [0.05, 0.1) is 0 Å². The zero-order valence-electron chi connectivity index (χ0n) is 9.48. The molecule has 0 spiro atoms. The molecule has 0 atom stereocenters. The van der Waals surface area contributed by atoms with Crippen molar-refractivity contribution in [3.63, 3.8) is 0 Å². The lowest BCUT2D eigenvalue weighted by atomic mass is 10.1. The van der Waals surface area contributed by atoms with Crippen LogP contribution in [0.5, 0.6) is 5.75 Å². The number of rotatable bonds is 4. The Hall–Kier alpha value is -1.02. The molecule has 1 rings (SSSR count). The quantitative estimate of drug-likeness (QED) is 0.740. The van der Waals surface area contributed by atoms with Crippen molar-refractivity contribution in [1.29, 1.82) is 0 Å². The molecule has 0 aliphatic rings. The standard InChI is InChI=1S/C12H19NO/c1-9-5-6-10(2)12(11(9)3)14-8-7-13-4/h5-6,13H,7-8H2,1-4H3. The van der Waals surface area contributed by atoms with E-state index in [0.717, 1.165) is 18.9 Å². The fourth-order valence-corrected chi connectivity index (χ4v) is 1.40. The molecule has 0 saturated carbocycles. The number of nitrogens with one attached hydrogen (secondary N) is 1. The van der Waals surface area contributed by atoms with Crippen LogP contribution < -0.4 is 10.1 Å². The molecule has 0 aromatic heterocycles. The topological polar surface area (TPSA) is 21.3 Å². The molecule has 0 saturated heterocycles. The molecule has 78 valence electrons. The van der Waals surface area contributed by atoms with E-state index < -0.39 is 0 Å². The van der Waals surface area contributed by atoms with Crippen LogP contribution in [0.3, 0.4) is 0 Å². The van der Waals surface area contributed by atoms with Gasteiger partial charge >= 0.3 is 0 Å². The molecule has 0 radical (unpaired) electrons. The molecule has 0 aliphatic carbocycles. The van der Waals surface area contributed by atoms with Crippen molar-refractivity contribution < 1.29 is 4.74 Å². The molecule has 0 unspecified atom stereocenters. The smallest absolute Gasteiger partial charge is 0.125 e. The van der Waals surface area contributed by atoms with Gasteiger partial charge in [-0.05, 0) is 44.5 Å². The molecular formula is C12H19NO. The molecule has 1 N–H and O–H groups in total. The van der Waals surface area contributed by atoms with E-state index in [4.69, 9.17) is 4.74 Å². The minimum atomic E-state index is 0.724. The Kier molecular flexibility index (Phi) is 3.96. The zero-order valence-corrected chi connectivity index (χ0v) is 9.48. The van der Waals surface area contributed by atoms with Crippen LogP contribution in [0.1, 0.15) is 16.7 Å². The number of likely N-dealkylation sites (N-methyl/N-ethyl adjacent to an activating group) is 1. The van der Waals surface area contributed by atoms with E-state index in [9.17, 15) is 0 Å². The van der Waals surface area contributed by atoms with Crippen LogP contribution in [0.2, 0.25) is 0 Å². The summed E-state index contributed by atoms with van der Waals surface area (Å²) in [4.78, 5) is 0. The summed E-state index contributed by atoms with van der Waals surface area (Å²) in [5, 5.41) is 3.07. The highest BCUT2D eigenvalue weighted by Crippen LogP contribution is 2.25. The summed E-state index contributed by atoms with van der Waals surface area (Å²) >= 11 is 0. The summed E-state index contributed by atoms with van der Waals surface area (Å²) in [6.45, 7) is 7.91. The fraction of sp³-hybridized carbons (Fsp3) is 0.500. The van der Waals surface area contributed by atoms with Gasteiger partial charge in [-0.3, -0.25) is 0 Å². The Labute approximate surface area is 86.3 Å². The average molecular weight is 193 g/mol. The second-order valence-electron chi connectivity index (χ2n) is 3.61. The molecule has 0 fully saturated rings. The summed E-state index contributed by atoms with van der Waals surface area (Å²) in [7, 11) is 1.93. The van der Waals surface area contributed by atoms with E-state index in [1.165, 1.54) is 16.7 Å². The van der Waals surface area contributed by atoms with Gasteiger partial charge in [0.2, 0.25) is 0 Å². The van der Waals surface area contributed by atoms with Gasteiger partial charge in [-0.25, -0.2) is 0 Å². The van der Waals surface area contributed by atoms with Crippen molar-refractivity contribution in [2.24, 2.45) is 0 Å². The minimum absolute atomic E-state index is 0.724. The Bertz CT molecular complexity index is 307. The number of hydrogen-bond donors (Lipinski definition) is 1. The maximum Gasteiger partial charge on any atom is 0.125 e. The third kappa shape index (κ3) is 2.48. The number of benzene rings is 1. The highest BCUT2D eigenvalue weighted by molar-refractivity contribution is 5.44. The van der Waals surface area contributed by atoms with Crippen LogP contribution >= 0.6 is 0 Å². The van der Waals surface area contributed by atoms with E-state index >= 15 is 0 Å². The maximum absolute atomic E-state index is 5.73. The number of ether oxygens (including phenoxy) is 1. The Balaban J connectivity index is 2.79. The van der Waals surface area contributed by atoms with Gasteiger partial charge in [-0.2, -0.15) is 0 Å². The highest BCUT2D eigenvalue weighted by Gasteiger charge is 2.05. The van der Waals surface area contributed by atoms with Crippen molar-refractivity contribution in [3.8, 4) is 5.75 Å². The first-order valence-electron chi connectivity index (χ1n) is 5.01. The lowest BCUT2D eigenvalue weighted by Gasteiger charge is -2.13. The molecule has 0 amide bonds. The monoisotopic (exact) mass is 193 g/mol. The predicted molar refractivity (Wildman–Crippen MR) is 60.1 cm³/mol. The fourth-order valence-electron chi connectivity index (χ4n) is 1.40. The van der Waals surface area contributed by atoms with Crippen molar-refractivity contribution >= 4 is 0 Å². The van der Waals surface area contributed by atoms with E-state index in [1.807, 2.05) is 7.05 Å². The molecule has 2 heteroatoms. The normalized spacial score (nSPS) is 10.3. The number of aryl methyl sites for hydroxylation is 2. The van der Waals surface area contributed by atoms with Crippen LogP contribution in [0.25, 0.3) is 0 Å². The van der Waals surface area contributed by atoms with Crippen molar-refractivity contribution in [1.82, 2.24) is 5.32 Å². The SMILES string of the molecule is CNCCOc1c(C)ccc(C)c1C. The maximum atomic E-state index is 5.73. The largest absolute Gasteiger partial charge is 0.492 e. The van der Waals surface area contributed by atoms with E-state index in [2.05, 4.69) is 38.2 Å². The molecular weight excluding hydrogens is 174 g/mol. The zero-order chi connectivity index (χ0) is 10.6. The van der Waals surface area contributed by atoms with E-state index in [0.29, 0.717) is 0 Å². The first kappa shape index (κ1) is 11.1. The van der Waals surface area contributed by atoms with Crippen LogP contribution in [0.15, 0.2) is 12.1 Å². The van der Waals surface area contributed by atoms with Crippen LogP contribution in [-0.2, 0) is 0 Å². The minimum Gasteiger partial charge on any atom is -0.492 e. The second-order valence-corrected chi connectivity index (χ2v) is 3.61. The molecule has 14 heavy (non-hydrogen) atoms. The second kappa shape index (κ2) is 5.01. The van der Waals surface area contributed by atoms with E-state index in [1.54, 1.807) is 0 Å². The van der Waals surface area contributed by atoms with Crippen molar-refractivity contribution in [2.45, 2.75) is 20.8 Å².